The first-order valence-corrected chi connectivity index (χ1v) is 7.66. The number of hydrogen-bond donors (Lipinski definition) is 1. The number of hydrogen-bond acceptors (Lipinski definition) is 6. The van der Waals surface area contributed by atoms with Gasteiger partial charge in [0.15, 0.2) is 6.61 Å². The molecule has 0 aliphatic rings. The van der Waals surface area contributed by atoms with Crippen LogP contribution in [0.25, 0.3) is 0 Å². The molecule has 0 atom stereocenters. The van der Waals surface area contributed by atoms with Gasteiger partial charge < -0.3 is 10.1 Å². The van der Waals surface area contributed by atoms with E-state index < -0.39 is 10.9 Å². The van der Waals surface area contributed by atoms with Crippen molar-refractivity contribution in [2.45, 2.75) is 18.7 Å². The number of rotatable bonds is 8. The molecule has 0 bridgehead atoms. The zero-order chi connectivity index (χ0) is 16.5. The highest BCUT2D eigenvalue weighted by Crippen LogP contribution is 2.21. The molecule has 7 nitrogen and oxygen atoms in total. The molecule has 120 valence electrons. The SMILES string of the molecule is CC(C)CNC(=O)COC(=O)CSc1ccc([N+](=O)[O-])cc1. The van der Waals surface area contributed by atoms with Gasteiger partial charge in [0.05, 0.1) is 10.7 Å². The number of carbonyl (C=O) groups excluding carboxylic acids is 2. The number of amides is 1. The number of ether oxygens (including phenoxy) is 1. The monoisotopic (exact) mass is 326 g/mol. The van der Waals surface area contributed by atoms with E-state index in [9.17, 15) is 19.7 Å². The zero-order valence-corrected chi connectivity index (χ0v) is 13.2. The molecule has 1 aromatic rings. The Morgan fingerprint density at radius 3 is 2.50 bits per heavy atom. The van der Waals surface area contributed by atoms with Crippen molar-refractivity contribution in [1.82, 2.24) is 5.32 Å². The number of non-ortho nitro benzene ring substituents is 1. The largest absolute Gasteiger partial charge is 0.455 e. The molecule has 0 aliphatic carbocycles. The van der Waals surface area contributed by atoms with E-state index in [-0.39, 0.29) is 24.0 Å². The summed E-state index contributed by atoms with van der Waals surface area (Å²) < 4.78 is 4.84. The molecule has 1 rings (SSSR count). The Hall–Kier alpha value is -2.09. The summed E-state index contributed by atoms with van der Waals surface area (Å²) in [7, 11) is 0. The summed E-state index contributed by atoms with van der Waals surface area (Å²) in [5.74, 6) is -0.474. The second kappa shape index (κ2) is 9.04. The van der Waals surface area contributed by atoms with Crippen LogP contribution in [0, 0.1) is 16.0 Å². The van der Waals surface area contributed by atoms with Crippen molar-refractivity contribution in [1.29, 1.82) is 0 Å². The van der Waals surface area contributed by atoms with Crippen LogP contribution in [-0.4, -0.2) is 35.7 Å². The molecule has 22 heavy (non-hydrogen) atoms. The molecule has 0 heterocycles. The van der Waals surface area contributed by atoms with Gasteiger partial charge in [0.2, 0.25) is 0 Å². The molecule has 0 radical (unpaired) electrons. The third-order valence-corrected chi connectivity index (χ3v) is 3.46. The molecule has 0 unspecified atom stereocenters. The van der Waals surface area contributed by atoms with Crippen LogP contribution < -0.4 is 5.32 Å². The lowest BCUT2D eigenvalue weighted by Gasteiger charge is -2.08. The fourth-order valence-electron chi connectivity index (χ4n) is 1.36. The molecule has 0 fully saturated rings. The third-order valence-electron chi connectivity index (χ3n) is 2.48. The fourth-order valence-corrected chi connectivity index (χ4v) is 2.06. The average molecular weight is 326 g/mol. The van der Waals surface area contributed by atoms with Crippen molar-refractivity contribution in [3.05, 3.63) is 34.4 Å². The minimum atomic E-state index is -0.511. The van der Waals surface area contributed by atoms with Gasteiger partial charge in [0.25, 0.3) is 11.6 Å². The smallest absolute Gasteiger partial charge is 0.316 e. The highest BCUT2D eigenvalue weighted by Gasteiger charge is 2.09. The molecule has 1 amide bonds. The predicted octanol–water partition coefficient (Wildman–Crippen LogP) is 2.00. The van der Waals surface area contributed by atoms with E-state index in [0.717, 1.165) is 0 Å². The number of carbonyl (C=O) groups is 2. The summed E-state index contributed by atoms with van der Waals surface area (Å²) in [6.45, 7) is 4.17. The second-order valence-corrected chi connectivity index (χ2v) is 5.95. The highest BCUT2D eigenvalue weighted by molar-refractivity contribution is 8.00. The van der Waals surface area contributed by atoms with E-state index in [2.05, 4.69) is 5.32 Å². The lowest BCUT2D eigenvalue weighted by atomic mass is 10.2. The topological polar surface area (TPSA) is 98.5 Å². The number of benzene rings is 1. The Kier molecular flexibility index (Phi) is 7.38. The number of thioether (sulfide) groups is 1. The highest BCUT2D eigenvalue weighted by atomic mass is 32.2. The van der Waals surface area contributed by atoms with Crippen molar-refractivity contribution < 1.29 is 19.2 Å². The van der Waals surface area contributed by atoms with Crippen LogP contribution in [0.4, 0.5) is 5.69 Å². The van der Waals surface area contributed by atoms with Crippen LogP contribution in [0.15, 0.2) is 29.2 Å². The van der Waals surface area contributed by atoms with E-state index in [1.807, 2.05) is 13.8 Å². The van der Waals surface area contributed by atoms with E-state index in [4.69, 9.17) is 4.74 Å². The van der Waals surface area contributed by atoms with Gasteiger partial charge >= 0.3 is 5.97 Å². The average Bonchev–Trinajstić information content (AvgIpc) is 2.49. The number of nitrogens with zero attached hydrogens (tertiary/aromatic N) is 1. The Balaban J connectivity index is 2.28. The Morgan fingerprint density at radius 1 is 1.32 bits per heavy atom. The van der Waals surface area contributed by atoms with Gasteiger partial charge in [-0.3, -0.25) is 19.7 Å². The molecule has 8 heteroatoms. The van der Waals surface area contributed by atoms with Gasteiger partial charge in [-0.05, 0) is 18.1 Å². The van der Waals surface area contributed by atoms with Crippen molar-refractivity contribution in [2.75, 3.05) is 18.9 Å². The van der Waals surface area contributed by atoms with E-state index in [0.29, 0.717) is 17.4 Å². The molecule has 1 N–H and O–H groups in total. The van der Waals surface area contributed by atoms with Crippen molar-refractivity contribution in [3.8, 4) is 0 Å². The van der Waals surface area contributed by atoms with Crippen LogP contribution in [-0.2, 0) is 14.3 Å². The standard InChI is InChI=1S/C14H18N2O5S/c1-10(2)7-15-13(17)8-21-14(18)9-22-12-5-3-11(4-6-12)16(19)20/h3-6,10H,7-9H2,1-2H3,(H,15,17). The zero-order valence-electron chi connectivity index (χ0n) is 12.4. The van der Waals surface area contributed by atoms with Crippen molar-refractivity contribution in [3.63, 3.8) is 0 Å². The first kappa shape index (κ1) is 18.0. The number of nitrogens with one attached hydrogen (secondary N) is 1. The summed E-state index contributed by atoms with van der Waals surface area (Å²) in [6.07, 6.45) is 0. The third kappa shape index (κ3) is 7.07. The van der Waals surface area contributed by atoms with Crippen LogP contribution in [0.2, 0.25) is 0 Å². The van der Waals surface area contributed by atoms with Gasteiger partial charge in [-0.2, -0.15) is 0 Å². The summed E-state index contributed by atoms with van der Waals surface area (Å²) in [6, 6.07) is 5.86. The van der Waals surface area contributed by atoms with Gasteiger partial charge in [-0.1, -0.05) is 13.8 Å². The van der Waals surface area contributed by atoms with E-state index >= 15 is 0 Å². The number of esters is 1. The Morgan fingerprint density at radius 2 is 1.95 bits per heavy atom. The van der Waals surface area contributed by atoms with Crippen molar-refractivity contribution >= 4 is 29.3 Å². The van der Waals surface area contributed by atoms with Crippen molar-refractivity contribution in [2.24, 2.45) is 5.92 Å². The quantitative estimate of drug-likeness (QED) is 0.339. The second-order valence-electron chi connectivity index (χ2n) is 4.90. The van der Waals surface area contributed by atoms with Gasteiger partial charge in [0, 0.05) is 23.6 Å². The first-order chi connectivity index (χ1) is 10.4. The number of nitro groups is 1. The van der Waals surface area contributed by atoms with Crippen LogP contribution in [0.3, 0.4) is 0 Å². The normalized spacial score (nSPS) is 10.3. The van der Waals surface area contributed by atoms with Crippen LogP contribution in [0.1, 0.15) is 13.8 Å². The molecule has 0 saturated heterocycles. The summed E-state index contributed by atoms with van der Waals surface area (Å²) in [4.78, 5) is 33.6. The molecule has 0 saturated carbocycles. The predicted molar refractivity (Wildman–Crippen MR) is 82.6 cm³/mol. The molecular weight excluding hydrogens is 308 g/mol. The molecular formula is C14H18N2O5S. The summed E-state index contributed by atoms with van der Waals surface area (Å²) in [5.41, 5.74) is -0.00579. The maximum absolute atomic E-state index is 11.5. The lowest BCUT2D eigenvalue weighted by molar-refractivity contribution is -0.384. The first-order valence-electron chi connectivity index (χ1n) is 6.68. The lowest BCUT2D eigenvalue weighted by Crippen LogP contribution is -2.31. The molecule has 0 spiro atoms. The molecule has 1 aromatic carbocycles. The van der Waals surface area contributed by atoms with Gasteiger partial charge in [-0.25, -0.2) is 0 Å². The summed E-state index contributed by atoms with van der Waals surface area (Å²) in [5, 5.41) is 13.2. The minimum Gasteiger partial charge on any atom is -0.455 e. The number of nitro benzene ring substituents is 1. The maximum Gasteiger partial charge on any atom is 0.316 e. The van der Waals surface area contributed by atoms with Gasteiger partial charge in [-0.15, -0.1) is 11.8 Å². The minimum absolute atomic E-state index is 0.00579. The Labute approximate surface area is 132 Å². The molecule has 0 aliphatic heterocycles. The van der Waals surface area contributed by atoms with E-state index in [1.54, 1.807) is 12.1 Å². The molecule has 0 aromatic heterocycles. The van der Waals surface area contributed by atoms with Gasteiger partial charge in [0.1, 0.15) is 0 Å². The van der Waals surface area contributed by atoms with Crippen LogP contribution in [0.5, 0.6) is 0 Å². The maximum atomic E-state index is 11.5. The van der Waals surface area contributed by atoms with E-state index in [1.165, 1.54) is 23.9 Å². The fraction of sp³-hybridized carbons (Fsp3) is 0.429. The van der Waals surface area contributed by atoms with Crippen LogP contribution >= 0.6 is 11.8 Å². The summed E-state index contributed by atoms with van der Waals surface area (Å²) >= 11 is 1.19. The Bertz CT molecular complexity index is 531.